The molecule has 8 heteroatoms. The van der Waals surface area contributed by atoms with E-state index >= 15 is 0 Å². The zero-order chi connectivity index (χ0) is 25.4. The molecule has 0 aromatic heterocycles. The first-order chi connectivity index (χ1) is 17.5. The lowest BCUT2D eigenvalue weighted by atomic mass is 9.91. The maximum atomic E-state index is 13.5. The van der Waals surface area contributed by atoms with Crippen LogP contribution in [0, 0.1) is 0 Å². The Morgan fingerprint density at radius 1 is 1.06 bits per heavy atom. The van der Waals surface area contributed by atoms with Crippen molar-refractivity contribution in [2.45, 2.75) is 24.8 Å². The number of aliphatic hydroxyl groups is 1. The molecule has 1 amide bonds. The number of aliphatic imine (C=N–C) groups is 1. The molecule has 1 aliphatic rings. The smallest absolute Gasteiger partial charge is 0.251 e. The number of rotatable bonds is 11. The highest BCUT2D eigenvalue weighted by molar-refractivity contribution is 9.10. The van der Waals surface area contributed by atoms with E-state index in [1.807, 2.05) is 72.8 Å². The SMILES string of the molecule is O=C(NCCc1ccc(Br)cc1)[C@@]1(Cc2ccccc2Br)COC(c2ccc(OCCCO)cc2)=N1. The summed E-state index contributed by atoms with van der Waals surface area (Å²) >= 11 is 7.06. The van der Waals surface area contributed by atoms with E-state index in [0.717, 1.165) is 32.1 Å². The molecule has 0 fully saturated rings. The van der Waals surface area contributed by atoms with E-state index in [0.29, 0.717) is 37.6 Å². The van der Waals surface area contributed by atoms with Gasteiger partial charge < -0.3 is 19.9 Å². The summed E-state index contributed by atoms with van der Waals surface area (Å²) in [6.07, 6.45) is 1.70. The minimum atomic E-state index is -1.07. The predicted octanol–water partition coefficient (Wildman–Crippen LogP) is 5.09. The molecule has 0 unspecified atom stereocenters. The largest absolute Gasteiger partial charge is 0.494 e. The number of benzene rings is 3. The number of hydrogen-bond acceptors (Lipinski definition) is 5. The van der Waals surface area contributed by atoms with Gasteiger partial charge in [-0.05, 0) is 60.0 Å². The number of nitrogens with zero attached hydrogens (tertiary/aromatic N) is 1. The summed E-state index contributed by atoms with van der Waals surface area (Å²) in [6, 6.07) is 23.3. The van der Waals surface area contributed by atoms with Crippen molar-refractivity contribution in [2.24, 2.45) is 4.99 Å². The van der Waals surface area contributed by atoms with Crippen LogP contribution in [-0.4, -0.2) is 48.8 Å². The summed E-state index contributed by atoms with van der Waals surface area (Å²) in [4.78, 5) is 18.4. The second kappa shape index (κ2) is 12.5. The van der Waals surface area contributed by atoms with Crippen LogP contribution in [0.4, 0.5) is 0 Å². The van der Waals surface area contributed by atoms with Crippen molar-refractivity contribution < 1.29 is 19.4 Å². The van der Waals surface area contributed by atoms with Gasteiger partial charge in [-0.25, -0.2) is 4.99 Å². The zero-order valence-corrected chi connectivity index (χ0v) is 22.9. The van der Waals surface area contributed by atoms with Gasteiger partial charge in [-0.3, -0.25) is 4.79 Å². The molecule has 1 atom stereocenters. The number of hydrogen-bond donors (Lipinski definition) is 2. The molecule has 0 radical (unpaired) electrons. The van der Waals surface area contributed by atoms with Crippen molar-refractivity contribution in [2.75, 3.05) is 26.4 Å². The van der Waals surface area contributed by atoms with E-state index < -0.39 is 5.54 Å². The Kier molecular flexibility index (Phi) is 9.18. The third-order valence-corrected chi connectivity index (χ3v) is 7.21. The summed E-state index contributed by atoms with van der Waals surface area (Å²) in [7, 11) is 0. The summed E-state index contributed by atoms with van der Waals surface area (Å²) in [6.45, 7) is 1.20. The molecule has 188 valence electrons. The summed E-state index contributed by atoms with van der Waals surface area (Å²) in [5, 5.41) is 12.0. The molecule has 0 spiro atoms. The molecule has 36 heavy (non-hydrogen) atoms. The second-order valence-corrected chi connectivity index (χ2v) is 10.4. The van der Waals surface area contributed by atoms with Crippen LogP contribution >= 0.6 is 31.9 Å². The number of amides is 1. The normalized spacial score (nSPS) is 16.8. The Labute approximate surface area is 228 Å². The molecular formula is C28H28Br2N2O4. The highest BCUT2D eigenvalue weighted by Crippen LogP contribution is 2.30. The lowest BCUT2D eigenvalue weighted by Gasteiger charge is -2.24. The van der Waals surface area contributed by atoms with Crippen LogP contribution in [-0.2, 0) is 22.4 Å². The van der Waals surface area contributed by atoms with Gasteiger partial charge in [0.25, 0.3) is 5.91 Å². The first kappa shape index (κ1) is 26.4. The van der Waals surface area contributed by atoms with Crippen LogP contribution < -0.4 is 10.1 Å². The van der Waals surface area contributed by atoms with E-state index in [2.05, 4.69) is 37.2 Å². The van der Waals surface area contributed by atoms with Gasteiger partial charge in [0.1, 0.15) is 12.4 Å². The Morgan fingerprint density at radius 3 is 2.53 bits per heavy atom. The van der Waals surface area contributed by atoms with Crippen LogP contribution in [0.5, 0.6) is 5.75 Å². The lowest BCUT2D eigenvalue weighted by Crippen LogP contribution is -2.49. The standard InChI is InChI=1S/C28H28Br2N2O4/c29-23-10-6-20(7-11-23)14-15-31-27(34)28(18-22-4-1-2-5-25(22)30)19-36-26(32-28)21-8-12-24(13-9-21)35-17-3-16-33/h1-2,4-13,33H,3,14-19H2,(H,31,34)/t28-/m1/s1. The molecular weight excluding hydrogens is 588 g/mol. The van der Waals surface area contributed by atoms with Gasteiger partial charge >= 0.3 is 0 Å². The third kappa shape index (κ3) is 6.75. The molecule has 1 aliphatic heterocycles. The molecule has 0 bridgehead atoms. The van der Waals surface area contributed by atoms with E-state index in [9.17, 15) is 4.79 Å². The molecule has 0 saturated heterocycles. The van der Waals surface area contributed by atoms with Crippen LogP contribution in [0.3, 0.4) is 0 Å². The predicted molar refractivity (Wildman–Crippen MR) is 148 cm³/mol. The Hall–Kier alpha value is -2.68. The fourth-order valence-corrected chi connectivity index (χ4v) is 4.61. The first-order valence-corrected chi connectivity index (χ1v) is 13.4. The molecule has 6 nitrogen and oxygen atoms in total. The van der Waals surface area contributed by atoms with Gasteiger partial charge in [-0.2, -0.15) is 0 Å². The highest BCUT2D eigenvalue weighted by Gasteiger charge is 2.44. The van der Waals surface area contributed by atoms with E-state index in [4.69, 9.17) is 19.6 Å². The van der Waals surface area contributed by atoms with Gasteiger partial charge in [0.2, 0.25) is 5.90 Å². The maximum Gasteiger partial charge on any atom is 0.251 e. The maximum absolute atomic E-state index is 13.5. The number of carbonyl (C=O) groups excluding carboxylic acids is 1. The van der Waals surface area contributed by atoms with Crippen LogP contribution in [0.25, 0.3) is 0 Å². The second-order valence-electron chi connectivity index (χ2n) is 8.59. The molecule has 4 rings (SSSR count). The lowest BCUT2D eigenvalue weighted by molar-refractivity contribution is -0.126. The monoisotopic (exact) mass is 614 g/mol. The molecule has 3 aromatic carbocycles. The van der Waals surface area contributed by atoms with Crippen LogP contribution in [0.15, 0.2) is 86.7 Å². The Balaban J connectivity index is 1.51. The van der Waals surface area contributed by atoms with E-state index in [1.54, 1.807) is 0 Å². The van der Waals surface area contributed by atoms with Crippen molar-refractivity contribution in [3.8, 4) is 5.75 Å². The quantitative estimate of drug-likeness (QED) is 0.295. The van der Waals surface area contributed by atoms with Gasteiger partial charge in [-0.15, -0.1) is 0 Å². The van der Waals surface area contributed by atoms with Crippen LogP contribution in [0.1, 0.15) is 23.1 Å². The molecule has 2 N–H and O–H groups in total. The zero-order valence-electron chi connectivity index (χ0n) is 19.8. The van der Waals surface area contributed by atoms with Gasteiger partial charge in [-0.1, -0.05) is 62.2 Å². The van der Waals surface area contributed by atoms with Gasteiger partial charge in [0.15, 0.2) is 5.54 Å². The highest BCUT2D eigenvalue weighted by atomic mass is 79.9. The van der Waals surface area contributed by atoms with Crippen molar-refractivity contribution in [3.63, 3.8) is 0 Å². The Bertz CT molecular complexity index is 1200. The molecule has 0 saturated carbocycles. The van der Waals surface area contributed by atoms with Crippen LogP contribution in [0.2, 0.25) is 0 Å². The number of ether oxygens (including phenoxy) is 2. The summed E-state index contributed by atoms with van der Waals surface area (Å²) < 4.78 is 13.6. The number of aliphatic hydroxyl groups excluding tert-OH is 1. The van der Waals surface area contributed by atoms with Crippen molar-refractivity contribution in [1.29, 1.82) is 0 Å². The van der Waals surface area contributed by atoms with E-state index in [-0.39, 0.29) is 19.1 Å². The topological polar surface area (TPSA) is 80.2 Å². The summed E-state index contributed by atoms with van der Waals surface area (Å²) in [5.74, 6) is 0.984. The van der Waals surface area contributed by atoms with Gasteiger partial charge in [0, 0.05) is 40.5 Å². The number of nitrogens with one attached hydrogen (secondary N) is 1. The average molecular weight is 616 g/mol. The van der Waals surface area contributed by atoms with Crippen molar-refractivity contribution in [3.05, 3.63) is 98.4 Å². The van der Waals surface area contributed by atoms with E-state index in [1.165, 1.54) is 0 Å². The summed E-state index contributed by atoms with van der Waals surface area (Å²) in [5.41, 5.74) is 1.84. The molecule has 3 aromatic rings. The number of halogens is 2. The Morgan fingerprint density at radius 2 is 1.81 bits per heavy atom. The van der Waals surface area contributed by atoms with Gasteiger partial charge in [0.05, 0.1) is 6.61 Å². The molecule has 1 heterocycles. The fourth-order valence-electron chi connectivity index (χ4n) is 3.92. The number of carbonyl (C=O) groups is 1. The van der Waals surface area contributed by atoms with Crippen molar-refractivity contribution >= 4 is 43.7 Å². The molecule has 0 aliphatic carbocycles. The minimum Gasteiger partial charge on any atom is -0.494 e. The third-order valence-electron chi connectivity index (χ3n) is 5.91. The average Bonchev–Trinajstić information content (AvgIpc) is 3.32. The van der Waals surface area contributed by atoms with Crippen molar-refractivity contribution in [1.82, 2.24) is 5.32 Å². The fraction of sp³-hybridized carbons (Fsp3) is 0.286. The minimum absolute atomic E-state index is 0.0908. The first-order valence-electron chi connectivity index (χ1n) is 11.8.